The van der Waals surface area contributed by atoms with E-state index in [9.17, 15) is 4.79 Å². The highest BCUT2D eigenvalue weighted by molar-refractivity contribution is 5.96. The first kappa shape index (κ1) is 17.2. The Labute approximate surface area is 138 Å². The highest BCUT2D eigenvalue weighted by Crippen LogP contribution is 2.14. The molecular formula is C20H24O3. The third-order valence-electron chi connectivity index (χ3n) is 3.73. The maximum atomic E-state index is 11.9. The molecule has 0 radical (unpaired) electrons. The second-order valence-corrected chi connectivity index (χ2v) is 5.56. The number of Topliss-reactive ketones (excluding diaryl/α,β-unsaturated/α-hetero) is 1. The van der Waals surface area contributed by atoms with Crippen molar-refractivity contribution in [2.24, 2.45) is 0 Å². The topological polar surface area (TPSA) is 35.5 Å². The molecule has 0 bridgehead atoms. The summed E-state index contributed by atoms with van der Waals surface area (Å²) in [4.78, 5) is 11.9. The fourth-order valence-corrected chi connectivity index (χ4v) is 2.28. The zero-order chi connectivity index (χ0) is 16.5. The van der Waals surface area contributed by atoms with Crippen LogP contribution in [0.15, 0.2) is 48.5 Å². The fraction of sp³-hybridized carbons (Fsp3) is 0.350. The Kier molecular flexibility index (Phi) is 6.82. The predicted molar refractivity (Wildman–Crippen MR) is 91.8 cm³/mol. The molecule has 0 spiro atoms. The largest absolute Gasteiger partial charge is 0.497 e. The van der Waals surface area contributed by atoms with Gasteiger partial charge in [0.05, 0.1) is 20.3 Å². The molecule has 0 atom stereocenters. The van der Waals surface area contributed by atoms with E-state index in [1.807, 2.05) is 48.5 Å². The normalized spacial score (nSPS) is 10.5. The van der Waals surface area contributed by atoms with Crippen LogP contribution in [0, 0.1) is 0 Å². The molecule has 122 valence electrons. The van der Waals surface area contributed by atoms with E-state index in [1.54, 1.807) is 7.11 Å². The Morgan fingerprint density at radius 2 is 1.48 bits per heavy atom. The number of methoxy groups -OCH3 is 1. The summed E-state index contributed by atoms with van der Waals surface area (Å²) in [5, 5.41) is 0. The van der Waals surface area contributed by atoms with E-state index >= 15 is 0 Å². The molecule has 0 unspecified atom stereocenters. The van der Waals surface area contributed by atoms with Crippen LogP contribution in [-0.2, 0) is 18.0 Å². The van der Waals surface area contributed by atoms with Crippen LogP contribution in [0.25, 0.3) is 0 Å². The van der Waals surface area contributed by atoms with E-state index in [0.29, 0.717) is 19.6 Å². The number of carbonyl (C=O) groups is 1. The van der Waals surface area contributed by atoms with E-state index in [-0.39, 0.29) is 5.78 Å². The molecule has 0 aliphatic heterocycles. The molecule has 0 N–H and O–H groups in total. The Morgan fingerprint density at radius 3 is 2.00 bits per heavy atom. The zero-order valence-corrected chi connectivity index (χ0v) is 13.9. The van der Waals surface area contributed by atoms with Crippen molar-refractivity contribution in [2.75, 3.05) is 7.11 Å². The molecule has 3 nitrogen and oxygen atoms in total. The molecule has 23 heavy (non-hydrogen) atoms. The van der Waals surface area contributed by atoms with Crippen molar-refractivity contribution < 1.29 is 14.3 Å². The van der Waals surface area contributed by atoms with Crippen molar-refractivity contribution in [1.29, 1.82) is 0 Å². The van der Waals surface area contributed by atoms with Crippen LogP contribution in [0.1, 0.15) is 47.7 Å². The third kappa shape index (κ3) is 5.53. The van der Waals surface area contributed by atoms with Gasteiger partial charge in [-0.25, -0.2) is 0 Å². The molecule has 3 heteroatoms. The number of rotatable bonds is 9. The third-order valence-corrected chi connectivity index (χ3v) is 3.73. The standard InChI is InChI=1S/C20H24O3/c1-3-4-5-20(21)18-10-6-16(7-11-18)14-23-15-17-8-12-19(22-2)13-9-17/h6-13H,3-5,14-15H2,1-2H3. The minimum atomic E-state index is 0.220. The zero-order valence-electron chi connectivity index (χ0n) is 13.9. The summed E-state index contributed by atoms with van der Waals surface area (Å²) in [5.74, 6) is 1.06. The number of ether oxygens (including phenoxy) is 2. The summed E-state index contributed by atoms with van der Waals surface area (Å²) in [6, 6.07) is 15.6. The van der Waals surface area contributed by atoms with Gasteiger partial charge in [0, 0.05) is 12.0 Å². The molecule has 0 heterocycles. The molecule has 2 aromatic rings. The van der Waals surface area contributed by atoms with E-state index in [2.05, 4.69) is 6.92 Å². The lowest BCUT2D eigenvalue weighted by Gasteiger charge is -2.07. The minimum absolute atomic E-state index is 0.220. The highest BCUT2D eigenvalue weighted by Gasteiger charge is 2.05. The van der Waals surface area contributed by atoms with Crippen molar-refractivity contribution in [3.05, 3.63) is 65.2 Å². The first-order valence-corrected chi connectivity index (χ1v) is 8.05. The lowest BCUT2D eigenvalue weighted by molar-refractivity contribution is 0.0978. The Balaban J connectivity index is 1.80. The number of hydrogen-bond donors (Lipinski definition) is 0. The van der Waals surface area contributed by atoms with Gasteiger partial charge in [-0.1, -0.05) is 49.7 Å². The van der Waals surface area contributed by atoms with Gasteiger partial charge in [-0.3, -0.25) is 4.79 Å². The quantitative estimate of drug-likeness (QED) is 0.625. The molecule has 2 aromatic carbocycles. The number of ketones is 1. The van der Waals surface area contributed by atoms with Crippen LogP contribution in [0.3, 0.4) is 0 Å². The van der Waals surface area contributed by atoms with Crippen molar-refractivity contribution >= 4 is 5.78 Å². The van der Waals surface area contributed by atoms with Gasteiger partial charge in [0.25, 0.3) is 0 Å². The average Bonchev–Trinajstić information content (AvgIpc) is 2.61. The smallest absolute Gasteiger partial charge is 0.162 e. The lowest BCUT2D eigenvalue weighted by Crippen LogP contribution is -1.99. The summed E-state index contributed by atoms with van der Waals surface area (Å²) in [7, 11) is 1.65. The summed E-state index contributed by atoms with van der Waals surface area (Å²) in [6.45, 7) is 3.19. The average molecular weight is 312 g/mol. The van der Waals surface area contributed by atoms with Crippen molar-refractivity contribution in [3.8, 4) is 5.75 Å². The van der Waals surface area contributed by atoms with Gasteiger partial charge in [-0.2, -0.15) is 0 Å². The molecule has 0 aliphatic carbocycles. The maximum Gasteiger partial charge on any atom is 0.162 e. The summed E-state index contributed by atoms with van der Waals surface area (Å²) < 4.78 is 10.8. The van der Waals surface area contributed by atoms with E-state index in [0.717, 1.165) is 35.3 Å². The second-order valence-electron chi connectivity index (χ2n) is 5.56. The lowest BCUT2D eigenvalue weighted by atomic mass is 10.0. The van der Waals surface area contributed by atoms with Crippen LogP contribution >= 0.6 is 0 Å². The SMILES string of the molecule is CCCCC(=O)c1ccc(COCc2ccc(OC)cc2)cc1. The summed E-state index contributed by atoms with van der Waals surface area (Å²) in [6.07, 6.45) is 2.62. The minimum Gasteiger partial charge on any atom is -0.497 e. The van der Waals surface area contributed by atoms with Gasteiger partial charge in [0.15, 0.2) is 5.78 Å². The first-order chi connectivity index (χ1) is 11.2. The van der Waals surface area contributed by atoms with Crippen LogP contribution in [0.2, 0.25) is 0 Å². The molecule has 0 fully saturated rings. The van der Waals surface area contributed by atoms with Gasteiger partial charge in [-0.05, 0) is 29.7 Å². The van der Waals surface area contributed by atoms with Gasteiger partial charge in [0.2, 0.25) is 0 Å². The Hall–Kier alpha value is -2.13. The maximum absolute atomic E-state index is 11.9. The molecule has 0 amide bonds. The molecule has 2 rings (SSSR count). The Bertz CT molecular complexity index is 600. The van der Waals surface area contributed by atoms with E-state index in [4.69, 9.17) is 9.47 Å². The van der Waals surface area contributed by atoms with Crippen LogP contribution in [-0.4, -0.2) is 12.9 Å². The fourth-order valence-electron chi connectivity index (χ4n) is 2.28. The summed E-state index contributed by atoms with van der Waals surface area (Å²) >= 11 is 0. The molecule has 0 saturated heterocycles. The van der Waals surface area contributed by atoms with E-state index < -0.39 is 0 Å². The van der Waals surface area contributed by atoms with Gasteiger partial charge < -0.3 is 9.47 Å². The van der Waals surface area contributed by atoms with Crippen molar-refractivity contribution in [2.45, 2.75) is 39.4 Å². The Morgan fingerprint density at radius 1 is 0.913 bits per heavy atom. The number of carbonyl (C=O) groups excluding carboxylic acids is 1. The molecule has 0 aromatic heterocycles. The van der Waals surface area contributed by atoms with Crippen molar-refractivity contribution in [3.63, 3.8) is 0 Å². The second kappa shape index (κ2) is 9.11. The number of unbranched alkanes of at least 4 members (excludes halogenated alkanes) is 1. The van der Waals surface area contributed by atoms with Crippen LogP contribution < -0.4 is 4.74 Å². The summed E-state index contributed by atoms with van der Waals surface area (Å²) in [5.41, 5.74) is 2.97. The van der Waals surface area contributed by atoms with Crippen LogP contribution in [0.4, 0.5) is 0 Å². The highest BCUT2D eigenvalue weighted by atomic mass is 16.5. The van der Waals surface area contributed by atoms with Gasteiger partial charge in [0.1, 0.15) is 5.75 Å². The van der Waals surface area contributed by atoms with Crippen LogP contribution in [0.5, 0.6) is 5.75 Å². The molecule has 0 saturated carbocycles. The van der Waals surface area contributed by atoms with Crippen molar-refractivity contribution in [1.82, 2.24) is 0 Å². The molecule has 0 aliphatic rings. The predicted octanol–water partition coefficient (Wildman–Crippen LogP) is 4.78. The first-order valence-electron chi connectivity index (χ1n) is 8.05. The molecular weight excluding hydrogens is 288 g/mol. The van der Waals surface area contributed by atoms with Gasteiger partial charge in [-0.15, -0.1) is 0 Å². The monoisotopic (exact) mass is 312 g/mol. The number of benzene rings is 2. The van der Waals surface area contributed by atoms with E-state index in [1.165, 1.54) is 0 Å². The van der Waals surface area contributed by atoms with Gasteiger partial charge >= 0.3 is 0 Å². The number of hydrogen-bond acceptors (Lipinski definition) is 3.